The Bertz CT molecular complexity index is 535. The van der Waals surface area contributed by atoms with Crippen molar-refractivity contribution in [2.45, 2.75) is 38.1 Å². The predicted octanol–water partition coefficient (Wildman–Crippen LogP) is 4.66. The van der Waals surface area contributed by atoms with Crippen molar-refractivity contribution in [1.29, 1.82) is 0 Å². The highest BCUT2D eigenvalue weighted by molar-refractivity contribution is 9.10. The first kappa shape index (κ1) is 17.2. The van der Waals surface area contributed by atoms with Crippen molar-refractivity contribution in [2.75, 3.05) is 33.2 Å². The molecule has 0 bridgehead atoms. The highest BCUT2D eigenvalue weighted by Gasteiger charge is 2.37. The maximum absolute atomic E-state index is 4.40. The van der Waals surface area contributed by atoms with Crippen molar-refractivity contribution in [3.63, 3.8) is 0 Å². The minimum absolute atomic E-state index is 0.413. The predicted molar refractivity (Wildman–Crippen MR) is 103 cm³/mol. The summed E-state index contributed by atoms with van der Waals surface area (Å²) in [4.78, 5) is 5.22. The van der Waals surface area contributed by atoms with Gasteiger partial charge in [-0.05, 0) is 95.0 Å². The zero-order chi connectivity index (χ0) is 16.4. The average molecular weight is 377 g/mol. The highest BCUT2D eigenvalue weighted by atomic mass is 79.9. The lowest BCUT2D eigenvalue weighted by atomic mass is 9.81. The lowest BCUT2D eigenvalue weighted by Gasteiger charge is -2.49. The van der Waals surface area contributed by atoms with Crippen molar-refractivity contribution in [3.8, 4) is 0 Å². The van der Waals surface area contributed by atoms with Gasteiger partial charge in [-0.2, -0.15) is 0 Å². The van der Waals surface area contributed by atoms with Gasteiger partial charge in [-0.25, -0.2) is 0 Å². The van der Waals surface area contributed by atoms with E-state index in [-0.39, 0.29) is 0 Å². The Morgan fingerprint density at radius 1 is 1.09 bits per heavy atom. The van der Waals surface area contributed by atoms with Gasteiger partial charge in [0.25, 0.3) is 0 Å². The molecule has 2 nitrogen and oxygen atoms in total. The Kier molecular flexibility index (Phi) is 5.29. The fraction of sp³-hybridized carbons (Fsp3) is 0.600. The molecule has 1 aromatic rings. The van der Waals surface area contributed by atoms with Crippen molar-refractivity contribution in [2.24, 2.45) is 5.92 Å². The molecular weight excluding hydrogens is 348 g/mol. The first-order valence-electron chi connectivity index (χ1n) is 8.86. The van der Waals surface area contributed by atoms with Gasteiger partial charge in [-0.1, -0.05) is 34.6 Å². The van der Waals surface area contributed by atoms with Crippen LogP contribution in [0.25, 0.3) is 5.57 Å². The molecule has 0 amide bonds. The summed E-state index contributed by atoms with van der Waals surface area (Å²) in [5.74, 6) is 0.641. The van der Waals surface area contributed by atoms with Gasteiger partial charge in [-0.15, -0.1) is 0 Å². The summed E-state index contributed by atoms with van der Waals surface area (Å²) < 4.78 is 1.14. The molecule has 0 unspecified atom stereocenters. The number of hydrogen-bond acceptors (Lipinski definition) is 2. The normalized spacial score (nSPS) is 23.8. The van der Waals surface area contributed by atoms with Gasteiger partial charge < -0.3 is 4.90 Å². The minimum atomic E-state index is 0.413. The van der Waals surface area contributed by atoms with Crippen LogP contribution in [0.4, 0.5) is 0 Å². The van der Waals surface area contributed by atoms with E-state index in [1.165, 1.54) is 63.0 Å². The number of benzene rings is 1. The van der Waals surface area contributed by atoms with E-state index in [1.807, 2.05) is 0 Å². The molecule has 3 rings (SSSR count). The molecule has 126 valence electrons. The number of hydrogen-bond donors (Lipinski definition) is 0. The van der Waals surface area contributed by atoms with Crippen LogP contribution in [-0.4, -0.2) is 48.6 Å². The fourth-order valence-electron chi connectivity index (χ4n) is 4.08. The Hall–Kier alpha value is -0.640. The molecule has 2 aliphatic rings. The third-order valence-corrected chi connectivity index (χ3v) is 6.56. The van der Waals surface area contributed by atoms with E-state index in [1.54, 1.807) is 0 Å². The monoisotopic (exact) mass is 376 g/mol. The molecule has 0 spiro atoms. The Morgan fingerprint density at radius 3 is 2.22 bits per heavy atom. The number of rotatable bonds is 3. The van der Waals surface area contributed by atoms with Gasteiger partial charge >= 0.3 is 0 Å². The summed E-state index contributed by atoms with van der Waals surface area (Å²) in [6.07, 6.45) is 5.12. The lowest BCUT2D eigenvalue weighted by Crippen LogP contribution is -2.55. The maximum atomic E-state index is 4.40. The van der Waals surface area contributed by atoms with Crippen LogP contribution in [0.2, 0.25) is 0 Å². The quantitative estimate of drug-likeness (QED) is 0.756. The van der Waals surface area contributed by atoms with Crippen LogP contribution in [0.1, 0.15) is 38.2 Å². The van der Waals surface area contributed by atoms with Crippen LogP contribution in [-0.2, 0) is 0 Å². The number of halogens is 1. The molecule has 23 heavy (non-hydrogen) atoms. The number of allylic oxidation sites excluding steroid dienone is 1. The van der Waals surface area contributed by atoms with Crippen molar-refractivity contribution in [1.82, 2.24) is 9.80 Å². The first-order valence-corrected chi connectivity index (χ1v) is 9.65. The summed E-state index contributed by atoms with van der Waals surface area (Å²) in [6, 6.07) is 8.62. The molecule has 2 fully saturated rings. The molecule has 3 heteroatoms. The van der Waals surface area contributed by atoms with Gasteiger partial charge in [0.1, 0.15) is 0 Å². The standard InChI is InChI=1S/C20H29BrN2/c1-16(17-4-6-19(21)7-5-17)18-8-12-23(13-9-18)20(2)10-14-22(3)15-11-20/h4-7,18H,1,8-15H2,2-3H3. The Labute approximate surface area is 149 Å². The molecule has 0 aromatic heterocycles. The third-order valence-electron chi connectivity index (χ3n) is 6.03. The third kappa shape index (κ3) is 3.89. The number of nitrogens with zero attached hydrogens (tertiary/aromatic N) is 2. The molecule has 0 radical (unpaired) electrons. The van der Waals surface area contributed by atoms with E-state index >= 15 is 0 Å². The molecule has 1 aromatic carbocycles. The van der Waals surface area contributed by atoms with Crippen LogP contribution in [0.5, 0.6) is 0 Å². The van der Waals surface area contributed by atoms with Crippen LogP contribution >= 0.6 is 15.9 Å². The molecule has 0 saturated carbocycles. The zero-order valence-electron chi connectivity index (χ0n) is 14.5. The Balaban J connectivity index is 1.58. The first-order chi connectivity index (χ1) is 11.0. The SMILES string of the molecule is C=C(c1ccc(Br)cc1)C1CCN(C2(C)CCN(C)CC2)CC1. The van der Waals surface area contributed by atoms with Gasteiger partial charge in [0.05, 0.1) is 0 Å². The van der Waals surface area contributed by atoms with Crippen LogP contribution in [0.15, 0.2) is 35.3 Å². The second kappa shape index (κ2) is 7.08. The van der Waals surface area contributed by atoms with E-state index < -0.39 is 0 Å². The fourth-order valence-corrected chi connectivity index (χ4v) is 4.35. The van der Waals surface area contributed by atoms with Crippen molar-refractivity contribution >= 4 is 21.5 Å². The van der Waals surface area contributed by atoms with Crippen molar-refractivity contribution < 1.29 is 0 Å². The Morgan fingerprint density at radius 2 is 1.65 bits per heavy atom. The summed E-state index contributed by atoms with van der Waals surface area (Å²) in [5.41, 5.74) is 3.04. The number of piperidine rings is 2. The topological polar surface area (TPSA) is 6.48 Å². The van der Waals surface area contributed by atoms with Crippen molar-refractivity contribution in [3.05, 3.63) is 40.9 Å². The second-order valence-electron chi connectivity index (χ2n) is 7.59. The summed E-state index contributed by atoms with van der Waals surface area (Å²) >= 11 is 3.51. The molecule has 2 aliphatic heterocycles. The molecule has 0 atom stereocenters. The molecule has 0 N–H and O–H groups in total. The summed E-state index contributed by atoms with van der Waals surface area (Å²) in [7, 11) is 2.24. The van der Waals surface area contributed by atoms with Gasteiger partial charge in [-0.3, -0.25) is 4.90 Å². The summed E-state index contributed by atoms with van der Waals surface area (Å²) in [5, 5.41) is 0. The van der Waals surface area contributed by atoms with E-state index in [9.17, 15) is 0 Å². The van der Waals surface area contributed by atoms with E-state index in [0.717, 1.165) is 4.47 Å². The molecular formula is C20H29BrN2. The minimum Gasteiger partial charge on any atom is -0.306 e. The van der Waals surface area contributed by atoms with Gasteiger partial charge in [0.2, 0.25) is 0 Å². The van der Waals surface area contributed by atoms with Gasteiger partial charge in [0.15, 0.2) is 0 Å². The molecule has 2 heterocycles. The van der Waals surface area contributed by atoms with Gasteiger partial charge in [0, 0.05) is 10.0 Å². The molecule has 0 aliphatic carbocycles. The maximum Gasteiger partial charge on any atom is 0.0205 e. The average Bonchev–Trinajstić information content (AvgIpc) is 2.58. The van der Waals surface area contributed by atoms with Crippen LogP contribution in [0, 0.1) is 5.92 Å². The van der Waals surface area contributed by atoms with E-state index in [2.05, 4.69) is 70.5 Å². The second-order valence-corrected chi connectivity index (χ2v) is 8.51. The highest BCUT2D eigenvalue weighted by Crippen LogP contribution is 2.36. The largest absolute Gasteiger partial charge is 0.306 e. The lowest BCUT2D eigenvalue weighted by molar-refractivity contribution is 0.0219. The zero-order valence-corrected chi connectivity index (χ0v) is 16.1. The molecule has 2 saturated heterocycles. The van der Waals surface area contributed by atoms with E-state index in [4.69, 9.17) is 0 Å². The van der Waals surface area contributed by atoms with Crippen LogP contribution < -0.4 is 0 Å². The van der Waals surface area contributed by atoms with Crippen LogP contribution in [0.3, 0.4) is 0 Å². The van der Waals surface area contributed by atoms with E-state index in [0.29, 0.717) is 11.5 Å². The summed E-state index contributed by atoms with van der Waals surface area (Å²) in [6.45, 7) is 11.8. The number of likely N-dealkylation sites (tertiary alicyclic amines) is 2. The smallest absolute Gasteiger partial charge is 0.0205 e.